The molecule has 0 spiro atoms. The third-order valence-electron chi connectivity index (χ3n) is 5.65. The Bertz CT molecular complexity index is 918. The molecule has 0 atom stereocenters. The van der Waals surface area contributed by atoms with E-state index < -0.39 is 5.41 Å². The molecule has 1 aliphatic heterocycles. The van der Waals surface area contributed by atoms with Crippen LogP contribution < -0.4 is 0 Å². The van der Waals surface area contributed by atoms with Crippen LogP contribution in [-0.4, -0.2) is 65.8 Å². The minimum Gasteiger partial charge on any atom is -0.337 e. The Labute approximate surface area is 194 Å². The summed E-state index contributed by atoms with van der Waals surface area (Å²) in [6.45, 7) is 10.3. The smallest absolute Gasteiger partial charge is 0.253 e. The van der Waals surface area contributed by atoms with Gasteiger partial charge in [-0.15, -0.1) is 0 Å². The number of amides is 2. The topological polar surface area (TPSA) is 43.9 Å². The molecule has 1 heterocycles. The van der Waals surface area contributed by atoms with E-state index in [9.17, 15) is 14.0 Å². The highest BCUT2D eigenvalue weighted by Gasteiger charge is 2.28. The van der Waals surface area contributed by atoms with Crippen molar-refractivity contribution < 1.29 is 14.0 Å². The molecular formula is C25H31ClFN3O2. The molecule has 0 radical (unpaired) electrons. The van der Waals surface area contributed by atoms with Crippen molar-refractivity contribution in [3.8, 4) is 0 Å². The molecule has 0 aromatic heterocycles. The van der Waals surface area contributed by atoms with Crippen molar-refractivity contribution in [1.82, 2.24) is 14.7 Å². The zero-order chi connectivity index (χ0) is 23.3. The molecule has 32 heavy (non-hydrogen) atoms. The van der Waals surface area contributed by atoms with Gasteiger partial charge in [-0.3, -0.25) is 14.5 Å². The van der Waals surface area contributed by atoms with Gasteiger partial charge in [0.2, 0.25) is 5.91 Å². The minimum absolute atomic E-state index is 0.0159. The fraction of sp³-hybridized carbons (Fsp3) is 0.440. The number of benzene rings is 2. The van der Waals surface area contributed by atoms with Crippen LogP contribution in [0.5, 0.6) is 0 Å². The van der Waals surface area contributed by atoms with E-state index in [0.717, 1.165) is 25.2 Å². The van der Waals surface area contributed by atoms with E-state index in [1.54, 1.807) is 36.4 Å². The molecule has 0 unspecified atom stereocenters. The molecule has 0 bridgehead atoms. The van der Waals surface area contributed by atoms with Crippen molar-refractivity contribution in [2.24, 2.45) is 5.41 Å². The summed E-state index contributed by atoms with van der Waals surface area (Å²) in [7, 11) is 0. The lowest BCUT2D eigenvalue weighted by Crippen LogP contribution is -2.51. The predicted octanol–water partition coefficient (Wildman–Crippen LogP) is 4.31. The van der Waals surface area contributed by atoms with E-state index in [4.69, 9.17) is 11.6 Å². The molecule has 0 N–H and O–H groups in total. The summed E-state index contributed by atoms with van der Waals surface area (Å²) in [6.07, 6.45) is 0. The minimum atomic E-state index is -0.496. The Hall–Kier alpha value is -2.44. The number of piperazine rings is 1. The Morgan fingerprint density at radius 3 is 2.12 bits per heavy atom. The van der Waals surface area contributed by atoms with Crippen molar-refractivity contribution >= 4 is 23.4 Å². The summed E-state index contributed by atoms with van der Waals surface area (Å²) in [4.78, 5) is 31.7. The van der Waals surface area contributed by atoms with Gasteiger partial charge in [0.1, 0.15) is 5.82 Å². The molecule has 5 nitrogen and oxygen atoms in total. The van der Waals surface area contributed by atoms with Crippen LogP contribution in [-0.2, 0) is 11.3 Å². The van der Waals surface area contributed by atoms with Crippen molar-refractivity contribution in [2.75, 3.05) is 39.3 Å². The molecule has 0 saturated carbocycles. The van der Waals surface area contributed by atoms with Gasteiger partial charge >= 0.3 is 0 Å². The molecule has 2 aromatic carbocycles. The molecule has 0 aliphatic carbocycles. The van der Waals surface area contributed by atoms with E-state index >= 15 is 0 Å². The maximum atomic E-state index is 13.3. The maximum absolute atomic E-state index is 13.3. The number of halogens is 2. The van der Waals surface area contributed by atoms with E-state index in [0.29, 0.717) is 36.8 Å². The molecule has 1 saturated heterocycles. The fourth-order valence-electron chi connectivity index (χ4n) is 3.75. The third-order valence-corrected chi connectivity index (χ3v) is 5.90. The van der Waals surface area contributed by atoms with Gasteiger partial charge in [0.25, 0.3) is 5.91 Å². The van der Waals surface area contributed by atoms with Gasteiger partial charge in [0.05, 0.1) is 0 Å². The summed E-state index contributed by atoms with van der Waals surface area (Å²) < 4.78 is 13.3. The van der Waals surface area contributed by atoms with Crippen LogP contribution >= 0.6 is 11.6 Å². The van der Waals surface area contributed by atoms with Crippen LogP contribution in [0.1, 0.15) is 36.7 Å². The predicted molar refractivity (Wildman–Crippen MR) is 125 cm³/mol. The van der Waals surface area contributed by atoms with Crippen LogP contribution in [0.4, 0.5) is 4.39 Å². The first kappa shape index (κ1) is 24.2. The maximum Gasteiger partial charge on any atom is 0.253 e. The van der Waals surface area contributed by atoms with Crippen LogP contribution in [0.15, 0.2) is 48.5 Å². The van der Waals surface area contributed by atoms with Crippen molar-refractivity contribution in [3.05, 3.63) is 70.5 Å². The normalized spacial score (nSPS) is 15.0. The Kier molecular flexibility index (Phi) is 7.91. The molecule has 7 heteroatoms. The first-order valence-corrected chi connectivity index (χ1v) is 11.3. The Morgan fingerprint density at radius 1 is 0.969 bits per heavy atom. The van der Waals surface area contributed by atoms with Crippen LogP contribution in [0.2, 0.25) is 5.02 Å². The second-order valence-electron chi connectivity index (χ2n) is 9.24. The zero-order valence-electron chi connectivity index (χ0n) is 19.0. The largest absolute Gasteiger partial charge is 0.337 e. The molecule has 2 aromatic rings. The molecule has 1 fully saturated rings. The Morgan fingerprint density at radius 2 is 1.56 bits per heavy atom. The third kappa shape index (κ3) is 6.53. The van der Waals surface area contributed by atoms with Gasteiger partial charge in [-0.1, -0.05) is 44.5 Å². The first-order valence-electron chi connectivity index (χ1n) is 10.9. The highest BCUT2D eigenvalue weighted by molar-refractivity contribution is 6.30. The lowest BCUT2D eigenvalue weighted by molar-refractivity contribution is -0.140. The fourth-order valence-corrected chi connectivity index (χ4v) is 3.87. The lowest BCUT2D eigenvalue weighted by atomic mass is 9.94. The zero-order valence-corrected chi connectivity index (χ0v) is 19.7. The van der Waals surface area contributed by atoms with E-state index in [2.05, 4.69) is 4.90 Å². The van der Waals surface area contributed by atoms with Crippen molar-refractivity contribution in [1.29, 1.82) is 0 Å². The second kappa shape index (κ2) is 10.5. The SMILES string of the molecule is CC(C)(C)C(=O)N(CCN1CCN(C(=O)c2ccc(Cl)cc2)CC1)Cc1ccc(F)cc1. The summed E-state index contributed by atoms with van der Waals surface area (Å²) in [5, 5.41) is 0.612. The highest BCUT2D eigenvalue weighted by Crippen LogP contribution is 2.20. The van der Waals surface area contributed by atoms with Gasteiger partial charge in [-0.05, 0) is 42.0 Å². The van der Waals surface area contributed by atoms with Gasteiger partial charge < -0.3 is 9.80 Å². The summed E-state index contributed by atoms with van der Waals surface area (Å²) in [6, 6.07) is 13.3. The number of hydrogen-bond acceptors (Lipinski definition) is 3. The molecule has 3 rings (SSSR count). The van der Waals surface area contributed by atoms with Gasteiger partial charge in [0, 0.05) is 61.8 Å². The number of carbonyl (C=O) groups is 2. The number of nitrogens with zero attached hydrogens (tertiary/aromatic N) is 3. The lowest BCUT2D eigenvalue weighted by Gasteiger charge is -2.37. The van der Waals surface area contributed by atoms with Crippen molar-refractivity contribution in [3.63, 3.8) is 0 Å². The van der Waals surface area contributed by atoms with Crippen LogP contribution in [0, 0.1) is 11.2 Å². The monoisotopic (exact) mass is 459 g/mol. The first-order chi connectivity index (χ1) is 15.1. The quantitative estimate of drug-likeness (QED) is 0.646. The van der Waals surface area contributed by atoms with Crippen LogP contribution in [0.3, 0.4) is 0 Å². The summed E-state index contributed by atoms with van der Waals surface area (Å²) in [5.41, 5.74) is 1.05. The summed E-state index contributed by atoms with van der Waals surface area (Å²) >= 11 is 5.91. The van der Waals surface area contributed by atoms with Gasteiger partial charge in [-0.2, -0.15) is 0 Å². The molecule has 2 amide bonds. The van der Waals surface area contributed by atoms with E-state index in [-0.39, 0.29) is 17.6 Å². The molecule has 172 valence electrons. The second-order valence-corrected chi connectivity index (χ2v) is 9.68. The van der Waals surface area contributed by atoms with Gasteiger partial charge in [-0.25, -0.2) is 4.39 Å². The molecule has 1 aliphatic rings. The summed E-state index contributed by atoms with van der Waals surface area (Å²) in [5.74, 6) is -0.200. The molecular weight excluding hydrogens is 429 g/mol. The Balaban J connectivity index is 1.55. The van der Waals surface area contributed by atoms with E-state index in [1.165, 1.54) is 12.1 Å². The number of carbonyl (C=O) groups excluding carboxylic acids is 2. The highest BCUT2D eigenvalue weighted by atomic mass is 35.5. The van der Waals surface area contributed by atoms with Crippen molar-refractivity contribution in [2.45, 2.75) is 27.3 Å². The number of rotatable bonds is 6. The average Bonchev–Trinajstić information content (AvgIpc) is 2.77. The average molecular weight is 460 g/mol. The standard InChI is InChI=1S/C25H31ClFN3O2/c1-25(2,3)24(32)30(18-19-4-10-22(27)11-5-19)17-14-28-12-15-29(16-13-28)23(31)20-6-8-21(26)9-7-20/h4-11H,12-18H2,1-3H3. The number of hydrogen-bond donors (Lipinski definition) is 0. The van der Waals surface area contributed by atoms with Crippen LogP contribution in [0.25, 0.3) is 0 Å². The van der Waals surface area contributed by atoms with E-state index in [1.807, 2.05) is 30.6 Å². The van der Waals surface area contributed by atoms with Gasteiger partial charge in [0.15, 0.2) is 0 Å².